The predicted molar refractivity (Wildman–Crippen MR) is 86.2 cm³/mol. The van der Waals surface area contributed by atoms with E-state index in [1.54, 1.807) is 6.07 Å². The van der Waals surface area contributed by atoms with E-state index in [0.717, 1.165) is 0 Å². The smallest absolute Gasteiger partial charge is 0.246 e. The lowest BCUT2D eigenvalue weighted by atomic mass is 10.2. The molecule has 0 unspecified atom stereocenters. The molecule has 0 saturated carbocycles. The van der Waals surface area contributed by atoms with E-state index in [2.05, 4.69) is 0 Å². The Bertz CT molecular complexity index is 764. The first kappa shape index (κ1) is 18.0. The Kier molecular flexibility index (Phi) is 5.22. The molecule has 2 rings (SSSR count). The van der Waals surface area contributed by atoms with Crippen LogP contribution in [-0.2, 0) is 19.9 Å². The fourth-order valence-corrected chi connectivity index (χ4v) is 5.33. The molecule has 9 heteroatoms. The van der Waals surface area contributed by atoms with Crippen LogP contribution in [0.2, 0.25) is 0 Å². The second-order valence-electron chi connectivity index (χ2n) is 5.45. The van der Waals surface area contributed by atoms with E-state index in [9.17, 15) is 16.8 Å². The summed E-state index contributed by atoms with van der Waals surface area (Å²) in [6.07, 6.45) is 1.78. The van der Waals surface area contributed by atoms with Gasteiger partial charge in [-0.2, -0.15) is 4.31 Å². The van der Waals surface area contributed by atoms with Gasteiger partial charge in [-0.05, 0) is 25.0 Å². The van der Waals surface area contributed by atoms with Gasteiger partial charge in [0.25, 0.3) is 0 Å². The summed E-state index contributed by atoms with van der Waals surface area (Å²) in [6.45, 7) is 0.334. The molecule has 0 bridgehead atoms. The summed E-state index contributed by atoms with van der Waals surface area (Å²) in [5, 5.41) is -0.485. The van der Waals surface area contributed by atoms with Crippen LogP contribution in [0.4, 0.5) is 0 Å². The van der Waals surface area contributed by atoms with Crippen LogP contribution in [0.25, 0.3) is 0 Å². The molecule has 0 aliphatic carbocycles. The molecule has 0 N–H and O–H groups in total. The number of sulfone groups is 1. The first-order valence-electron chi connectivity index (χ1n) is 7.11. The SMILES string of the molecule is COc1ccc(OC)c(S(=O)(=O)N2CCC(S(C)(=O)=O)CC2)c1. The lowest BCUT2D eigenvalue weighted by Crippen LogP contribution is -2.42. The van der Waals surface area contributed by atoms with Crippen LogP contribution in [0.3, 0.4) is 0 Å². The maximum atomic E-state index is 12.8. The van der Waals surface area contributed by atoms with Crippen LogP contribution in [0.15, 0.2) is 23.1 Å². The van der Waals surface area contributed by atoms with Crippen LogP contribution < -0.4 is 9.47 Å². The topological polar surface area (TPSA) is 90.0 Å². The number of rotatable bonds is 5. The van der Waals surface area contributed by atoms with Crippen molar-refractivity contribution in [1.82, 2.24) is 4.31 Å². The molecule has 7 nitrogen and oxygen atoms in total. The van der Waals surface area contributed by atoms with Crippen molar-refractivity contribution in [3.63, 3.8) is 0 Å². The Balaban J connectivity index is 2.30. The van der Waals surface area contributed by atoms with Gasteiger partial charge in [-0.1, -0.05) is 0 Å². The molecule has 0 atom stereocenters. The summed E-state index contributed by atoms with van der Waals surface area (Å²) in [6, 6.07) is 4.57. The molecule has 1 aromatic carbocycles. The van der Waals surface area contributed by atoms with Crippen molar-refractivity contribution in [2.75, 3.05) is 33.6 Å². The molecule has 23 heavy (non-hydrogen) atoms. The van der Waals surface area contributed by atoms with Crippen LogP contribution in [0, 0.1) is 0 Å². The molecule has 1 saturated heterocycles. The first-order chi connectivity index (χ1) is 10.7. The second kappa shape index (κ2) is 6.66. The molecule has 0 aromatic heterocycles. The maximum Gasteiger partial charge on any atom is 0.246 e. The molecule has 1 aliphatic heterocycles. The van der Waals surface area contributed by atoms with E-state index in [1.165, 1.54) is 36.9 Å². The third-order valence-corrected chi connectivity index (χ3v) is 7.60. The monoisotopic (exact) mass is 363 g/mol. The Morgan fingerprint density at radius 2 is 1.65 bits per heavy atom. The van der Waals surface area contributed by atoms with Crippen LogP contribution >= 0.6 is 0 Å². The number of benzene rings is 1. The molecule has 0 spiro atoms. The van der Waals surface area contributed by atoms with Gasteiger partial charge in [0, 0.05) is 25.4 Å². The molecule has 130 valence electrons. The zero-order chi connectivity index (χ0) is 17.3. The fourth-order valence-electron chi connectivity index (χ4n) is 2.63. The van der Waals surface area contributed by atoms with Crippen molar-refractivity contribution in [3.8, 4) is 11.5 Å². The van der Waals surface area contributed by atoms with Crippen molar-refractivity contribution < 1.29 is 26.3 Å². The molecule has 0 radical (unpaired) electrons. The van der Waals surface area contributed by atoms with Gasteiger partial charge >= 0.3 is 0 Å². The molecule has 1 aromatic rings. The van der Waals surface area contributed by atoms with Gasteiger partial charge in [0.05, 0.1) is 19.5 Å². The van der Waals surface area contributed by atoms with E-state index >= 15 is 0 Å². The largest absolute Gasteiger partial charge is 0.497 e. The molecule has 1 fully saturated rings. The number of ether oxygens (including phenoxy) is 2. The van der Waals surface area contributed by atoms with E-state index in [-0.39, 0.29) is 23.7 Å². The summed E-state index contributed by atoms with van der Waals surface area (Å²) in [4.78, 5) is 0.0251. The van der Waals surface area contributed by atoms with E-state index in [1.807, 2.05) is 0 Å². The van der Waals surface area contributed by atoms with Gasteiger partial charge in [0.15, 0.2) is 0 Å². The van der Waals surface area contributed by atoms with E-state index in [0.29, 0.717) is 18.6 Å². The maximum absolute atomic E-state index is 12.8. The Labute approximate surface area is 137 Å². The van der Waals surface area contributed by atoms with Gasteiger partial charge in [-0.15, -0.1) is 0 Å². The number of nitrogens with zero attached hydrogens (tertiary/aromatic N) is 1. The van der Waals surface area contributed by atoms with Crippen LogP contribution in [0.1, 0.15) is 12.8 Å². The van der Waals surface area contributed by atoms with Crippen molar-refractivity contribution in [2.45, 2.75) is 23.0 Å². The molecular formula is C14H21NO6S2. The lowest BCUT2D eigenvalue weighted by molar-refractivity contribution is 0.341. The highest BCUT2D eigenvalue weighted by molar-refractivity contribution is 7.91. The highest BCUT2D eigenvalue weighted by Gasteiger charge is 2.34. The molecule has 1 heterocycles. The minimum atomic E-state index is -3.77. The summed E-state index contributed by atoms with van der Waals surface area (Å²) < 4.78 is 60.4. The number of sulfonamides is 1. The number of hydrogen-bond donors (Lipinski definition) is 0. The van der Waals surface area contributed by atoms with Crippen molar-refractivity contribution >= 4 is 19.9 Å². The van der Waals surface area contributed by atoms with Crippen LogP contribution in [-0.4, -0.2) is 60.0 Å². The lowest BCUT2D eigenvalue weighted by Gasteiger charge is -2.30. The Morgan fingerprint density at radius 3 is 2.13 bits per heavy atom. The Hall–Kier alpha value is -1.32. The van der Waals surface area contributed by atoms with Crippen molar-refractivity contribution in [1.29, 1.82) is 0 Å². The normalized spacial score (nSPS) is 17.9. The highest BCUT2D eigenvalue weighted by Crippen LogP contribution is 2.32. The summed E-state index contributed by atoms with van der Waals surface area (Å²) in [5.74, 6) is 0.645. The van der Waals surface area contributed by atoms with Gasteiger partial charge in [0.2, 0.25) is 10.0 Å². The standard InChI is InChI=1S/C14H21NO6S2/c1-20-11-4-5-13(21-2)14(10-11)23(18,19)15-8-6-12(7-9-15)22(3,16)17/h4-5,10,12H,6-9H2,1-3H3. The third-order valence-electron chi connectivity index (χ3n) is 4.00. The highest BCUT2D eigenvalue weighted by atomic mass is 32.2. The number of piperidine rings is 1. The quantitative estimate of drug-likeness (QED) is 0.772. The minimum Gasteiger partial charge on any atom is -0.497 e. The zero-order valence-electron chi connectivity index (χ0n) is 13.4. The number of methoxy groups -OCH3 is 2. The van der Waals surface area contributed by atoms with E-state index in [4.69, 9.17) is 9.47 Å². The van der Waals surface area contributed by atoms with Gasteiger partial charge in [-0.25, -0.2) is 16.8 Å². The zero-order valence-corrected chi connectivity index (χ0v) is 15.0. The number of hydrogen-bond acceptors (Lipinski definition) is 6. The summed E-state index contributed by atoms with van der Waals surface area (Å²) >= 11 is 0. The van der Waals surface area contributed by atoms with Gasteiger partial charge in [-0.3, -0.25) is 0 Å². The average molecular weight is 363 g/mol. The molecule has 1 aliphatic rings. The van der Waals surface area contributed by atoms with Crippen LogP contribution in [0.5, 0.6) is 11.5 Å². The van der Waals surface area contributed by atoms with E-state index < -0.39 is 25.1 Å². The summed E-state index contributed by atoms with van der Waals surface area (Å²) in [5.41, 5.74) is 0. The van der Waals surface area contributed by atoms with Gasteiger partial charge < -0.3 is 9.47 Å². The van der Waals surface area contributed by atoms with Crippen molar-refractivity contribution in [3.05, 3.63) is 18.2 Å². The molecular weight excluding hydrogens is 342 g/mol. The first-order valence-corrected chi connectivity index (χ1v) is 10.5. The fraction of sp³-hybridized carbons (Fsp3) is 0.571. The average Bonchev–Trinajstić information content (AvgIpc) is 2.53. The van der Waals surface area contributed by atoms with Crippen molar-refractivity contribution in [2.24, 2.45) is 0 Å². The third kappa shape index (κ3) is 3.78. The summed E-state index contributed by atoms with van der Waals surface area (Å²) in [7, 11) is -4.07. The predicted octanol–water partition coefficient (Wildman–Crippen LogP) is 0.901. The molecule has 0 amide bonds. The van der Waals surface area contributed by atoms with Gasteiger partial charge in [0.1, 0.15) is 26.2 Å². The Morgan fingerprint density at radius 1 is 1.04 bits per heavy atom. The second-order valence-corrected chi connectivity index (χ2v) is 9.68. The minimum absolute atomic E-state index is 0.0251.